The molecule has 178 valence electrons. The fourth-order valence-electron chi connectivity index (χ4n) is 3.27. The van der Waals surface area contributed by atoms with Crippen LogP contribution in [-0.4, -0.2) is 21.1 Å². The minimum absolute atomic E-state index is 0.0299. The lowest BCUT2D eigenvalue weighted by molar-refractivity contribution is -0.387. The third-order valence-corrected chi connectivity index (χ3v) is 8.99. The lowest BCUT2D eigenvalue weighted by Gasteiger charge is -2.03. The molecule has 0 atom stereocenters. The highest BCUT2D eigenvalue weighted by Crippen LogP contribution is 2.35. The maximum absolute atomic E-state index is 11.7. The number of aliphatic imine (C=N–C) groups is 1. The Bertz CT molecular complexity index is 1560. The molecule has 0 fully saturated rings. The van der Waals surface area contributed by atoms with E-state index in [4.69, 9.17) is 4.98 Å². The Hall–Kier alpha value is -2.80. The summed E-state index contributed by atoms with van der Waals surface area (Å²) in [6.07, 6.45) is 3.32. The Morgan fingerprint density at radius 2 is 1.92 bits per heavy atom. The van der Waals surface area contributed by atoms with Gasteiger partial charge in [0.25, 0.3) is 5.69 Å². The summed E-state index contributed by atoms with van der Waals surface area (Å²) in [5, 5.41) is 12.4. The van der Waals surface area contributed by atoms with Gasteiger partial charge in [-0.05, 0) is 82.2 Å². The van der Waals surface area contributed by atoms with E-state index in [1.54, 1.807) is 47.6 Å². The van der Waals surface area contributed by atoms with Gasteiger partial charge in [0.15, 0.2) is 4.34 Å². The molecule has 3 aromatic carbocycles. The summed E-state index contributed by atoms with van der Waals surface area (Å²) in [6, 6.07) is 25.0. The highest BCUT2D eigenvalue weighted by atomic mass is 127. The number of benzene rings is 3. The molecule has 0 saturated carbocycles. The van der Waals surface area contributed by atoms with Crippen LogP contribution in [0.4, 0.5) is 11.4 Å². The Morgan fingerprint density at radius 1 is 1.06 bits per heavy atom. The molecule has 0 bridgehead atoms. The standard InChI is InChI=1S/C26H17IN4O2S3/c27-19-7-4-17(5-8-19)16-34-26-30-21-10-9-20(14-24(21)36-26)29-15-18-6-11-23(22(13-18)31(32)33)35-25-3-1-2-12-28-25/h1-15H,16H2. The molecular formula is C26H17IN4O2S3. The van der Waals surface area contributed by atoms with E-state index in [9.17, 15) is 10.1 Å². The van der Waals surface area contributed by atoms with Gasteiger partial charge in [-0.3, -0.25) is 15.1 Å². The Balaban J connectivity index is 1.30. The van der Waals surface area contributed by atoms with Crippen molar-refractivity contribution >= 4 is 85.3 Å². The molecule has 36 heavy (non-hydrogen) atoms. The van der Waals surface area contributed by atoms with Gasteiger partial charge in [0, 0.05) is 27.8 Å². The summed E-state index contributed by atoms with van der Waals surface area (Å²) in [4.78, 5) is 25.4. The van der Waals surface area contributed by atoms with Gasteiger partial charge in [-0.2, -0.15) is 0 Å². The first-order valence-corrected chi connectivity index (χ1v) is 14.4. The van der Waals surface area contributed by atoms with Crippen molar-refractivity contribution in [2.45, 2.75) is 20.0 Å². The average Bonchev–Trinajstić information content (AvgIpc) is 3.30. The number of aromatic nitrogens is 2. The highest BCUT2D eigenvalue weighted by molar-refractivity contribution is 14.1. The van der Waals surface area contributed by atoms with Crippen molar-refractivity contribution in [2.75, 3.05) is 0 Å². The lowest BCUT2D eigenvalue weighted by atomic mass is 10.2. The normalized spacial score (nSPS) is 11.4. The molecule has 2 aromatic heterocycles. The zero-order chi connectivity index (χ0) is 24.9. The SMILES string of the molecule is O=[N+]([O-])c1cc(C=Nc2ccc3nc(SCc4ccc(I)cc4)sc3c2)ccc1Sc1ccccn1. The van der Waals surface area contributed by atoms with Crippen LogP contribution in [0.1, 0.15) is 11.1 Å². The first-order chi connectivity index (χ1) is 17.5. The molecule has 0 N–H and O–H groups in total. The van der Waals surface area contributed by atoms with E-state index in [2.05, 4.69) is 56.8 Å². The van der Waals surface area contributed by atoms with Crippen LogP contribution in [0.15, 0.2) is 104 Å². The minimum atomic E-state index is -0.374. The van der Waals surface area contributed by atoms with Crippen LogP contribution in [0.25, 0.3) is 10.2 Å². The zero-order valence-electron chi connectivity index (χ0n) is 18.6. The molecule has 0 radical (unpaired) electrons. The third-order valence-electron chi connectivity index (χ3n) is 5.02. The molecule has 5 rings (SSSR count). The molecule has 0 spiro atoms. The number of nitrogens with zero attached hydrogens (tertiary/aromatic N) is 4. The first-order valence-electron chi connectivity index (χ1n) is 10.7. The molecule has 0 aliphatic carbocycles. The summed E-state index contributed by atoms with van der Waals surface area (Å²) in [5.74, 6) is 0.870. The number of hydrogen-bond acceptors (Lipinski definition) is 8. The van der Waals surface area contributed by atoms with Gasteiger partial charge >= 0.3 is 0 Å². The summed E-state index contributed by atoms with van der Waals surface area (Å²) in [6.45, 7) is 0. The molecule has 0 unspecified atom stereocenters. The highest BCUT2D eigenvalue weighted by Gasteiger charge is 2.16. The Morgan fingerprint density at radius 3 is 2.69 bits per heavy atom. The Kier molecular flexibility index (Phi) is 7.95. The lowest BCUT2D eigenvalue weighted by Crippen LogP contribution is -1.93. The van der Waals surface area contributed by atoms with E-state index in [-0.39, 0.29) is 10.6 Å². The van der Waals surface area contributed by atoms with Gasteiger partial charge in [0.2, 0.25) is 0 Å². The average molecular weight is 641 g/mol. The maximum atomic E-state index is 11.7. The summed E-state index contributed by atoms with van der Waals surface area (Å²) < 4.78 is 3.30. The van der Waals surface area contributed by atoms with Crippen LogP contribution in [-0.2, 0) is 5.75 Å². The zero-order valence-corrected chi connectivity index (χ0v) is 23.2. The first kappa shape index (κ1) is 24.9. The predicted octanol–water partition coefficient (Wildman–Crippen LogP) is 8.40. The van der Waals surface area contributed by atoms with Crippen molar-refractivity contribution in [3.63, 3.8) is 0 Å². The van der Waals surface area contributed by atoms with Crippen molar-refractivity contribution in [2.24, 2.45) is 4.99 Å². The van der Waals surface area contributed by atoms with Gasteiger partial charge in [0.1, 0.15) is 5.03 Å². The number of nitro benzene ring substituents is 1. The van der Waals surface area contributed by atoms with E-state index < -0.39 is 0 Å². The number of nitro groups is 1. The van der Waals surface area contributed by atoms with E-state index in [0.717, 1.165) is 26.0 Å². The van der Waals surface area contributed by atoms with Crippen LogP contribution in [0.5, 0.6) is 0 Å². The van der Waals surface area contributed by atoms with Crippen molar-refractivity contribution in [1.29, 1.82) is 0 Å². The largest absolute Gasteiger partial charge is 0.283 e. The van der Waals surface area contributed by atoms with E-state index in [0.29, 0.717) is 15.5 Å². The molecule has 2 heterocycles. The van der Waals surface area contributed by atoms with E-state index >= 15 is 0 Å². The molecule has 0 aliphatic heterocycles. The number of pyridine rings is 1. The molecule has 6 nitrogen and oxygen atoms in total. The number of thioether (sulfide) groups is 1. The van der Waals surface area contributed by atoms with Crippen molar-refractivity contribution in [1.82, 2.24) is 9.97 Å². The van der Waals surface area contributed by atoms with Crippen LogP contribution < -0.4 is 0 Å². The summed E-state index contributed by atoms with van der Waals surface area (Å²) in [5.41, 5.74) is 3.67. The quantitative estimate of drug-likeness (QED) is 0.0557. The van der Waals surface area contributed by atoms with Crippen LogP contribution in [0, 0.1) is 13.7 Å². The third kappa shape index (κ3) is 6.30. The van der Waals surface area contributed by atoms with Gasteiger partial charge in [-0.25, -0.2) is 9.97 Å². The predicted molar refractivity (Wildman–Crippen MR) is 157 cm³/mol. The van der Waals surface area contributed by atoms with Crippen molar-refractivity contribution < 1.29 is 4.92 Å². The van der Waals surface area contributed by atoms with Gasteiger partial charge in [-0.15, -0.1) is 11.3 Å². The van der Waals surface area contributed by atoms with Gasteiger partial charge in [-0.1, -0.05) is 47.8 Å². The number of fused-ring (bicyclic) bond motifs is 1. The minimum Gasteiger partial charge on any atom is -0.258 e. The monoisotopic (exact) mass is 640 g/mol. The number of halogens is 1. The fraction of sp³-hybridized carbons (Fsp3) is 0.0385. The van der Waals surface area contributed by atoms with E-state index in [1.807, 2.05) is 42.5 Å². The number of hydrogen-bond donors (Lipinski definition) is 0. The second-order valence-electron chi connectivity index (χ2n) is 7.56. The summed E-state index contributed by atoms with van der Waals surface area (Å²) >= 11 is 6.94. The fourth-order valence-corrected chi connectivity index (χ4v) is 6.55. The van der Waals surface area contributed by atoms with Crippen molar-refractivity contribution in [3.8, 4) is 0 Å². The smallest absolute Gasteiger partial charge is 0.258 e. The number of thiazole rings is 1. The topological polar surface area (TPSA) is 81.3 Å². The molecule has 0 amide bonds. The van der Waals surface area contributed by atoms with Crippen LogP contribution in [0.2, 0.25) is 0 Å². The van der Waals surface area contributed by atoms with Crippen LogP contribution >= 0.6 is 57.5 Å². The summed E-state index contributed by atoms with van der Waals surface area (Å²) in [7, 11) is 0. The van der Waals surface area contributed by atoms with Gasteiger partial charge in [0.05, 0.1) is 25.7 Å². The molecular weight excluding hydrogens is 623 g/mol. The van der Waals surface area contributed by atoms with Crippen LogP contribution in [0.3, 0.4) is 0 Å². The van der Waals surface area contributed by atoms with Gasteiger partial charge < -0.3 is 0 Å². The molecule has 0 saturated heterocycles. The maximum Gasteiger partial charge on any atom is 0.283 e. The van der Waals surface area contributed by atoms with Crippen molar-refractivity contribution in [3.05, 3.63) is 110 Å². The Labute approximate surface area is 233 Å². The second kappa shape index (κ2) is 11.5. The van der Waals surface area contributed by atoms with E-state index in [1.165, 1.54) is 20.9 Å². The number of rotatable bonds is 8. The molecule has 0 aliphatic rings. The molecule has 5 aromatic rings. The molecule has 10 heteroatoms. The second-order valence-corrected chi connectivity index (χ2v) is 12.1.